The summed E-state index contributed by atoms with van der Waals surface area (Å²) in [5, 5.41) is 0. The fourth-order valence-corrected chi connectivity index (χ4v) is 5.40. The van der Waals surface area contributed by atoms with E-state index >= 15 is 0 Å². The highest BCUT2D eigenvalue weighted by molar-refractivity contribution is 5.80. The highest BCUT2D eigenvalue weighted by Gasteiger charge is 2.33. The zero-order valence-electron chi connectivity index (χ0n) is 22.2. The largest absolute Gasteiger partial charge is 0.493 e. The molecule has 202 valence electrons. The van der Waals surface area contributed by atoms with Crippen LogP contribution in [0, 0.1) is 0 Å². The van der Waals surface area contributed by atoms with Crippen molar-refractivity contribution in [2.24, 2.45) is 5.73 Å². The molecule has 2 aromatic rings. The van der Waals surface area contributed by atoms with Crippen LogP contribution in [0.5, 0.6) is 17.2 Å². The molecule has 0 bridgehead atoms. The van der Waals surface area contributed by atoms with Gasteiger partial charge in [0.05, 0.1) is 33.5 Å². The number of morpholine rings is 1. The Bertz CT molecular complexity index is 994. The minimum atomic E-state index is -0.242. The predicted octanol–water partition coefficient (Wildman–Crippen LogP) is 3.43. The van der Waals surface area contributed by atoms with E-state index in [0.29, 0.717) is 6.61 Å². The number of ether oxygens (including phenoxy) is 4. The van der Waals surface area contributed by atoms with Crippen LogP contribution in [0.1, 0.15) is 42.9 Å². The van der Waals surface area contributed by atoms with Crippen LogP contribution in [0.3, 0.4) is 0 Å². The minimum absolute atomic E-state index is 0.0771. The Morgan fingerprint density at radius 1 is 1.03 bits per heavy atom. The molecule has 37 heavy (non-hydrogen) atoms. The van der Waals surface area contributed by atoms with Crippen molar-refractivity contribution in [3.63, 3.8) is 0 Å². The molecule has 8 nitrogen and oxygen atoms in total. The van der Waals surface area contributed by atoms with Crippen LogP contribution in [-0.2, 0) is 16.0 Å². The first-order valence-corrected chi connectivity index (χ1v) is 13.4. The number of piperidine rings is 1. The van der Waals surface area contributed by atoms with E-state index in [-0.39, 0.29) is 18.0 Å². The van der Waals surface area contributed by atoms with Crippen molar-refractivity contribution in [2.75, 3.05) is 60.2 Å². The quantitative estimate of drug-likeness (QED) is 0.467. The van der Waals surface area contributed by atoms with Crippen molar-refractivity contribution in [3.05, 3.63) is 53.6 Å². The number of methoxy groups -OCH3 is 2. The summed E-state index contributed by atoms with van der Waals surface area (Å²) >= 11 is 0. The normalized spacial score (nSPS) is 19.8. The second kappa shape index (κ2) is 13.7. The van der Waals surface area contributed by atoms with E-state index in [0.717, 1.165) is 88.7 Å². The lowest BCUT2D eigenvalue weighted by Gasteiger charge is -2.40. The van der Waals surface area contributed by atoms with Crippen molar-refractivity contribution in [2.45, 2.75) is 44.2 Å². The number of likely N-dealkylation sites (tertiary alicyclic amines) is 1. The molecular formula is C29H41N3O5. The molecule has 4 rings (SSSR count). The van der Waals surface area contributed by atoms with Crippen LogP contribution in [-0.4, -0.2) is 82.0 Å². The first-order chi connectivity index (χ1) is 18.1. The highest BCUT2D eigenvalue weighted by Crippen LogP contribution is 2.34. The molecule has 1 amide bonds. The van der Waals surface area contributed by atoms with Gasteiger partial charge >= 0.3 is 0 Å². The average molecular weight is 512 g/mol. The van der Waals surface area contributed by atoms with Gasteiger partial charge in [0, 0.05) is 25.7 Å². The molecule has 0 radical (unpaired) electrons. The lowest BCUT2D eigenvalue weighted by Crippen LogP contribution is -2.49. The van der Waals surface area contributed by atoms with Crippen LogP contribution in [0.15, 0.2) is 42.5 Å². The molecule has 2 atom stereocenters. The zero-order chi connectivity index (χ0) is 26.0. The third-order valence-corrected chi connectivity index (χ3v) is 7.47. The number of carbonyl (C=O) groups is 1. The van der Waals surface area contributed by atoms with Gasteiger partial charge in [-0.2, -0.15) is 0 Å². The highest BCUT2D eigenvalue weighted by atomic mass is 16.5. The van der Waals surface area contributed by atoms with Crippen LogP contribution >= 0.6 is 0 Å². The molecule has 2 fully saturated rings. The predicted molar refractivity (Wildman–Crippen MR) is 143 cm³/mol. The first-order valence-electron chi connectivity index (χ1n) is 13.4. The van der Waals surface area contributed by atoms with E-state index in [2.05, 4.69) is 28.0 Å². The summed E-state index contributed by atoms with van der Waals surface area (Å²) in [4.78, 5) is 17.0. The van der Waals surface area contributed by atoms with E-state index in [4.69, 9.17) is 24.7 Å². The lowest BCUT2D eigenvalue weighted by molar-refractivity contribution is -0.125. The number of rotatable bonds is 12. The minimum Gasteiger partial charge on any atom is -0.493 e. The molecule has 0 aliphatic carbocycles. The maximum absolute atomic E-state index is 12.3. The summed E-state index contributed by atoms with van der Waals surface area (Å²) in [5.41, 5.74) is 8.19. The van der Waals surface area contributed by atoms with Gasteiger partial charge in [-0.25, -0.2) is 0 Å². The zero-order valence-corrected chi connectivity index (χ0v) is 22.2. The van der Waals surface area contributed by atoms with Crippen molar-refractivity contribution < 1.29 is 23.7 Å². The van der Waals surface area contributed by atoms with E-state index in [1.54, 1.807) is 14.2 Å². The number of hydrogen-bond donors (Lipinski definition) is 1. The summed E-state index contributed by atoms with van der Waals surface area (Å²) in [5.74, 6) is 2.07. The second-order valence-electron chi connectivity index (χ2n) is 9.77. The molecule has 0 spiro atoms. The Hall–Kier alpha value is -2.81. The molecule has 2 heterocycles. The number of carbonyl (C=O) groups excluding carboxylic acids is 1. The van der Waals surface area contributed by atoms with Gasteiger partial charge in [0.25, 0.3) is 0 Å². The van der Waals surface area contributed by atoms with Crippen LogP contribution in [0.25, 0.3) is 0 Å². The molecule has 0 aromatic heterocycles. The Balaban J connectivity index is 1.46. The van der Waals surface area contributed by atoms with Gasteiger partial charge in [-0.15, -0.1) is 0 Å². The van der Waals surface area contributed by atoms with Crippen LogP contribution < -0.4 is 19.9 Å². The maximum atomic E-state index is 12.3. The number of nitrogens with two attached hydrogens (primary N) is 1. The van der Waals surface area contributed by atoms with E-state index in [9.17, 15) is 4.79 Å². The van der Waals surface area contributed by atoms with Crippen molar-refractivity contribution in [3.8, 4) is 17.2 Å². The molecule has 1 unspecified atom stereocenters. The van der Waals surface area contributed by atoms with Gasteiger partial charge in [-0.3, -0.25) is 14.6 Å². The van der Waals surface area contributed by atoms with E-state index < -0.39 is 0 Å². The Kier molecular flexibility index (Phi) is 10.0. The van der Waals surface area contributed by atoms with Gasteiger partial charge in [0.15, 0.2) is 11.5 Å². The molecule has 2 saturated heterocycles. The Labute approximate surface area is 220 Å². The molecule has 0 saturated carbocycles. The third-order valence-electron chi connectivity index (χ3n) is 7.47. The standard InChI is InChI=1S/C29H41N3O5/c1-34-27-13-7-22(21-28(27)35-2)6-12-25(32-14-4-3-5-26(32)29(30)33)23-8-10-24(11-9-23)37-20-17-31-15-18-36-19-16-31/h7-11,13,21,25-26H,3-6,12,14-20H2,1-2H3,(H2,30,33)/t25-,26?/m1/s1. The SMILES string of the molecule is COc1ccc(CC[C@H](c2ccc(OCCN3CCOCC3)cc2)N2CCCCC2C(N)=O)cc1OC. The maximum Gasteiger partial charge on any atom is 0.234 e. The molecule has 2 N–H and O–H groups in total. The number of amides is 1. The average Bonchev–Trinajstić information content (AvgIpc) is 2.94. The Morgan fingerprint density at radius 2 is 1.78 bits per heavy atom. The van der Waals surface area contributed by atoms with Crippen LogP contribution in [0.4, 0.5) is 0 Å². The smallest absolute Gasteiger partial charge is 0.234 e. The van der Waals surface area contributed by atoms with E-state index in [1.165, 1.54) is 11.1 Å². The molecule has 2 aromatic carbocycles. The van der Waals surface area contributed by atoms with Crippen molar-refractivity contribution in [1.29, 1.82) is 0 Å². The topological polar surface area (TPSA) is 86.5 Å². The van der Waals surface area contributed by atoms with Gasteiger partial charge in [0.1, 0.15) is 12.4 Å². The molecular weight excluding hydrogens is 470 g/mol. The van der Waals surface area contributed by atoms with Gasteiger partial charge in [0.2, 0.25) is 5.91 Å². The third kappa shape index (κ3) is 7.37. The van der Waals surface area contributed by atoms with Gasteiger partial charge in [-0.05, 0) is 67.6 Å². The molecule has 8 heteroatoms. The summed E-state index contributed by atoms with van der Waals surface area (Å²) in [6.45, 7) is 5.92. The molecule has 2 aliphatic heterocycles. The monoisotopic (exact) mass is 511 g/mol. The number of benzene rings is 2. The van der Waals surface area contributed by atoms with Gasteiger partial charge in [-0.1, -0.05) is 24.6 Å². The lowest BCUT2D eigenvalue weighted by atomic mass is 9.92. The fraction of sp³-hybridized carbons (Fsp3) is 0.552. The number of aryl methyl sites for hydroxylation is 1. The summed E-state index contributed by atoms with van der Waals surface area (Å²) in [6, 6.07) is 14.2. The van der Waals surface area contributed by atoms with Crippen LogP contribution in [0.2, 0.25) is 0 Å². The van der Waals surface area contributed by atoms with Gasteiger partial charge < -0.3 is 24.7 Å². The first kappa shape index (κ1) is 27.2. The fourth-order valence-electron chi connectivity index (χ4n) is 5.40. The second-order valence-corrected chi connectivity index (χ2v) is 9.77. The summed E-state index contributed by atoms with van der Waals surface area (Å²) < 4.78 is 22.3. The Morgan fingerprint density at radius 3 is 2.49 bits per heavy atom. The number of hydrogen-bond acceptors (Lipinski definition) is 7. The summed E-state index contributed by atoms with van der Waals surface area (Å²) in [6.07, 6.45) is 4.61. The number of primary amides is 1. The summed E-state index contributed by atoms with van der Waals surface area (Å²) in [7, 11) is 3.30. The van der Waals surface area contributed by atoms with Crippen molar-refractivity contribution in [1.82, 2.24) is 9.80 Å². The van der Waals surface area contributed by atoms with Crippen molar-refractivity contribution >= 4 is 5.91 Å². The molecule has 2 aliphatic rings. The van der Waals surface area contributed by atoms with E-state index in [1.807, 2.05) is 24.3 Å². The number of nitrogens with zero attached hydrogens (tertiary/aromatic N) is 2.